The summed E-state index contributed by atoms with van der Waals surface area (Å²) in [5, 5.41) is 9.74. The molecule has 2 aromatic carbocycles. The van der Waals surface area contributed by atoms with Crippen molar-refractivity contribution in [3.8, 4) is 10.6 Å². The Bertz CT molecular complexity index is 1360. The first-order valence-electron chi connectivity index (χ1n) is 11.2. The number of carbonyl (C=O) groups is 2. The molecule has 5 rings (SSSR count). The first-order valence-corrected chi connectivity index (χ1v) is 12.1. The average Bonchev–Trinajstić information content (AvgIpc) is 3.49. The van der Waals surface area contributed by atoms with Gasteiger partial charge in [-0.3, -0.25) is 19.2 Å². The van der Waals surface area contributed by atoms with Crippen LogP contribution in [-0.2, 0) is 17.9 Å². The van der Waals surface area contributed by atoms with Crippen molar-refractivity contribution >= 4 is 28.8 Å². The molecule has 7 heteroatoms. The van der Waals surface area contributed by atoms with Crippen LogP contribution in [0.1, 0.15) is 34.1 Å². The van der Waals surface area contributed by atoms with Gasteiger partial charge < -0.3 is 5.32 Å². The molecule has 0 radical (unpaired) electrons. The molecular formula is C27H26N4O2S. The molecule has 1 atom stereocenters. The summed E-state index contributed by atoms with van der Waals surface area (Å²) in [6.45, 7) is 6.45. The predicted octanol–water partition coefficient (Wildman–Crippen LogP) is 4.96. The van der Waals surface area contributed by atoms with Crippen molar-refractivity contribution in [2.75, 3.05) is 4.90 Å². The van der Waals surface area contributed by atoms with Crippen LogP contribution < -0.4 is 10.2 Å². The van der Waals surface area contributed by atoms with Gasteiger partial charge in [-0.2, -0.15) is 5.10 Å². The van der Waals surface area contributed by atoms with E-state index in [1.807, 2.05) is 92.9 Å². The van der Waals surface area contributed by atoms with Gasteiger partial charge in [-0.1, -0.05) is 54.1 Å². The Hall–Kier alpha value is -3.71. The van der Waals surface area contributed by atoms with E-state index in [1.54, 1.807) is 20.9 Å². The summed E-state index contributed by atoms with van der Waals surface area (Å²) in [6, 6.07) is 21.5. The fourth-order valence-corrected chi connectivity index (χ4v) is 5.21. The van der Waals surface area contributed by atoms with Crippen molar-refractivity contribution in [3.05, 3.63) is 94.5 Å². The van der Waals surface area contributed by atoms with Crippen LogP contribution in [0, 0.1) is 13.8 Å². The normalized spacial score (nSPS) is 17.5. The molecule has 0 aliphatic carbocycles. The third kappa shape index (κ3) is 3.82. The zero-order chi connectivity index (χ0) is 23.9. The maximum atomic E-state index is 13.9. The minimum Gasteiger partial charge on any atom is -0.350 e. The van der Waals surface area contributed by atoms with Gasteiger partial charge in [0.2, 0.25) is 5.91 Å². The van der Waals surface area contributed by atoms with Crippen LogP contribution in [0.2, 0.25) is 0 Å². The molecule has 0 saturated heterocycles. The average molecular weight is 471 g/mol. The van der Waals surface area contributed by atoms with Gasteiger partial charge in [-0.15, -0.1) is 11.3 Å². The number of anilines is 1. The molecule has 0 fully saturated rings. The fourth-order valence-electron chi connectivity index (χ4n) is 4.53. The van der Waals surface area contributed by atoms with E-state index in [2.05, 4.69) is 5.32 Å². The highest BCUT2D eigenvalue weighted by Gasteiger charge is 2.49. The van der Waals surface area contributed by atoms with Crippen LogP contribution in [0.4, 0.5) is 5.69 Å². The first kappa shape index (κ1) is 22.1. The summed E-state index contributed by atoms with van der Waals surface area (Å²) >= 11 is 1.57. The van der Waals surface area contributed by atoms with Crippen LogP contribution >= 0.6 is 11.3 Å². The number of aryl methyl sites for hydroxylation is 2. The van der Waals surface area contributed by atoms with Crippen molar-refractivity contribution in [2.45, 2.75) is 39.4 Å². The Labute approximate surface area is 202 Å². The van der Waals surface area contributed by atoms with Crippen molar-refractivity contribution < 1.29 is 9.59 Å². The van der Waals surface area contributed by atoms with Crippen molar-refractivity contribution in [2.24, 2.45) is 0 Å². The number of carbonyl (C=O) groups excluding carboxylic acids is 2. The molecule has 4 aromatic rings. The van der Waals surface area contributed by atoms with E-state index < -0.39 is 5.54 Å². The second-order valence-electron chi connectivity index (χ2n) is 8.92. The zero-order valence-corrected chi connectivity index (χ0v) is 20.2. The van der Waals surface area contributed by atoms with E-state index in [0.29, 0.717) is 12.2 Å². The number of hydrogen-bond acceptors (Lipinski definition) is 4. The molecule has 1 unspecified atom stereocenters. The number of amides is 2. The van der Waals surface area contributed by atoms with E-state index >= 15 is 0 Å². The quantitative estimate of drug-likeness (QED) is 0.448. The molecule has 172 valence electrons. The standard InChI is InChI=1S/C27H26N4O2S/c1-18-11-12-22(19(2)14-18)31-25(32)23-15-21(24-10-7-13-34-24)29-30(23)17-27(31,3)26(33)28-16-20-8-5-4-6-9-20/h4-15H,16-17H2,1-3H3,(H,28,33). The van der Waals surface area contributed by atoms with Crippen molar-refractivity contribution in [1.29, 1.82) is 0 Å². The van der Waals surface area contributed by atoms with E-state index in [9.17, 15) is 9.59 Å². The number of nitrogens with zero attached hydrogens (tertiary/aromatic N) is 3. The second kappa shape index (κ2) is 8.57. The molecule has 3 heterocycles. The molecule has 6 nitrogen and oxygen atoms in total. The molecule has 1 aliphatic rings. The fraction of sp³-hybridized carbons (Fsp3) is 0.222. The highest BCUT2D eigenvalue weighted by atomic mass is 32.1. The monoisotopic (exact) mass is 470 g/mol. The minimum absolute atomic E-state index is 0.219. The molecule has 34 heavy (non-hydrogen) atoms. The summed E-state index contributed by atoms with van der Waals surface area (Å²) < 4.78 is 1.68. The Morgan fingerprint density at radius 1 is 1.09 bits per heavy atom. The van der Waals surface area contributed by atoms with Gasteiger partial charge in [0.05, 0.1) is 11.4 Å². The van der Waals surface area contributed by atoms with Crippen molar-refractivity contribution in [1.82, 2.24) is 15.1 Å². The summed E-state index contributed by atoms with van der Waals surface area (Å²) in [6.07, 6.45) is 0. The number of nitrogens with one attached hydrogen (secondary N) is 1. The Morgan fingerprint density at radius 2 is 1.88 bits per heavy atom. The topological polar surface area (TPSA) is 67.2 Å². The Balaban J connectivity index is 1.57. The maximum absolute atomic E-state index is 13.9. The van der Waals surface area contributed by atoms with Crippen LogP contribution in [0.25, 0.3) is 10.6 Å². The highest BCUT2D eigenvalue weighted by Crippen LogP contribution is 2.36. The number of fused-ring (bicyclic) bond motifs is 1. The lowest BCUT2D eigenvalue weighted by molar-refractivity contribution is -0.126. The predicted molar refractivity (Wildman–Crippen MR) is 135 cm³/mol. The zero-order valence-electron chi connectivity index (χ0n) is 19.4. The molecule has 0 saturated carbocycles. The van der Waals surface area contributed by atoms with Gasteiger partial charge >= 0.3 is 0 Å². The lowest BCUT2D eigenvalue weighted by Crippen LogP contribution is -2.64. The number of thiophene rings is 1. The molecule has 1 N–H and O–H groups in total. The SMILES string of the molecule is Cc1ccc(N2C(=O)c3cc(-c4cccs4)nn3CC2(C)C(=O)NCc2ccccc2)c(C)c1. The highest BCUT2D eigenvalue weighted by molar-refractivity contribution is 7.13. The third-order valence-corrected chi connectivity index (χ3v) is 7.20. The van der Waals surface area contributed by atoms with Crippen LogP contribution in [0.15, 0.2) is 72.1 Å². The summed E-state index contributed by atoms with van der Waals surface area (Å²) in [5.74, 6) is -0.450. The minimum atomic E-state index is -1.16. The second-order valence-corrected chi connectivity index (χ2v) is 9.87. The van der Waals surface area contributed by atoms with E-state index in [0.717, 1.165) is 32.9 Å². The van der Waals surface area contributed by atoms with Gasteiger partial charge in [0.25, 0.3) is 5.91 Å². The smallest absolute Gasteiger partial charge is 0.277 e. The summed E-state index contributed by atoms with van der Waals surface area (Å²) in [7, 11) is 0. The van der Waals surface area contributed by atoms with E-state index in [-0.39, 0.29) is 18.4 Å². The number of benzene rings is 2. The maximum Gasteiger partial charge on any atom is 0.277 e. The first-order chi connectivity index (χ1) is 16.4. The van der Waals surface area contributed by atoms with Gasteiger partial charge in [0.15, 0.2) is 0 Å². The van der Waals surface area contributed by atoms with Crippen LogP contribution in [0.3, 0.4) is 0 Å². The molecule has 2 aromatic heterocycles. The van der Waals surface area contributed by atoms with Crippen molar-refractivity contribution in [3.63, 3.8) is 0 Å². The molecular weight excluding hydrogens is 444 g/mol. The summed E-state index contributed by atoms with van der Waals surface area (Å²) in [5.41, 5.74) is 3.85. The largest absolute Gasteiger partial charge is 0.350 e. The summed E-state index contributed by atoms with van der Waals surface area (Å²) in [4.78, 5) is 30.3. The van der Waals surface area contributed by atoms with Gasteiger partial charge in [-0.05, 0) is 55.5 Å². The molecule has 0 bridgehead atoms. The molecule has 0 spiro atoms. The lowest BCUT2D eigenvalue weighted by atomic mass is 9.92. The Kier molecular flexibility index (Phi) is 5.57. The van der Waals surface area contributed by atoms with E-state index in [1.165, 1.54) is 0 Å². The van der Waals surface area contributed by atoms with Gasteiger partial charge in [0, 0.05) is 12.2 Å². The lowest BCUT2D eigenvalue weighted by Gasteiger charge is -2.43. The van der Waals surface area contributed by atoms with Crippen LogP contribution in [0.5, 0.6) is 0 Å². The number of aromatic nitrogens is 2. The third-order valence-electron chi connectivity index (χ3n) is 6.31. The number of hydrogen-bond donors (Lipinski definition) is 1. The Morgan fingerprint density at radius 3 is 2.59 bits per heavy atom. The van der Waals surface area contributed by atoms with E-state index in [4.69, 9.17) is 5.10 Å². The van der Waals surface area contributed by atoms with Gasteiger partial charge in [-0.25, -0.2) is 0 Å². The molecule has 1 aliphatic heterocycles. The molecule has 2 amide bonds. The van der Waals surface area contributed by atoms with Gasteiger partial charge in [0.1, 0.15) is 16.9 Å². The van der Waals surface area contributed by atoms with Crippen LogP contribution in [-0.4, -0.2) is 27.1 Å². The number of rotatable bonds is 5.